The number of rotatable bonds is 3. The highest BCUT2D eigenvalue weighted by molar-refractivity contribution is 6.04. The molecule has 0 saturated heterocycles. The monoisotopic (exact) mass is 337 g/mol. The van der Waals surface area contributed by atoms with Crippen molar-refractivity contribution in [1.82, 2.24) is 29.9 Å². The third-order valence-electron chi connectivity index (χ3n) is 3.85. The van der Waals surface area contributed by atoms with Crippen LogP contribution in [0.3, 0.4) is 0 Å². The second-order valence-corrected chi connectivity index (χ2v) is 5.58. The number of anilines is 1. The summed E-state index contributed by atoms with van der Waals surface area (Å²) < 4.78 is 3.16. The summed E-state index contributed by atoms with van der Waals surface area (Å²) in [5.41, 5.74) is 1.37. The molecule has 126 valence electrons. The number of hydrogen-bond donors (Lipinski definition) is 2. The van der Waals surface area contributed by atoms with Crippen LogP contribution in [0.1, 0.15) is 26.8 Å². The van der Waals surface area contributed by atoms with E-state index < -0.39 is 5.91 Å². The Kier molecular flexibility index (Phi) is 3.53. The van der Waals surface area contributed by atoms with Gasteiger partial charge >= 0.3 is 0 Å². The summed E-state index contributed by atoms with van der Waals surface area (Å²) in [4.78, 5) is 28.4. The van der Waals surface area contributed by atoms with Crippen molar-refractivity contribution in [3.8, 4) is 5.69 Å². The Labute approximate surface area is 142 Å². The van der Waals surface area contributed by atoms with Gasteiger partial charge in [0.15, 0.2) is 5.69 Å². The van der Waals surface area contributed by atoms with E-state index in [1.54, 1.807) is 11.6 Å². The third-order valence-corrected chi connectivity index (χ3v) is 3.85. The molecule has 3 heterocycles. The topological polar surface area (TPSA) is 107 Å². The van der Waals surface area contributed by atoms with Crippen LogP contribution in [-0.4, -0.2) is 42.9 Å². The molecule has 0 aliphatic carbocycles. The van der Waals surface area contributed by atoms with Gasteiger partial charge in [-0.25, -0.2) is 4.68 Å². The second-order valence-electron chi connectivity index (χ2n) is 5.58. The first-order chi connectivity index (χ1) is 12.1. The van der Waals surface area contributed by atoms with Crippen LogP contribution in [0.5, 0.6) is 0 Å². The Morgan fingerprint density at radius 1 is 1.24 bits per heavy atom. The highest BCUT2D eigenvalue weighted by atomic mass is 16.2. The van der Waals surface area contributed by atoms with Crippen molar-refractivity contribution in [1.29, 1.82) is 0 Å². The van der Waals surface area contributed by atoms with Crippen LogP contribution in [-0.2, 0) is 6.54 Å². The molecular formula is C16H15N7O2. The number of carbonyl (C=O) groups excluding carboxylic acids is 2. The second kappa shape index (κ2) is 5.86. The van der Waals surface area contributed by atoms with E-state index >= 15 is 0 Å². The Balaban J connectivity index is 1.57. The van der Waals surface area contributed by atoms with E-state index in [2.05, 4.69) is 25.8 Å². The predicted molar refractivity (Wildman–Crippen MR) is 88.6 cm³/mol. The first-order valence-corrected chi connectivity index (χ1v) is 7.78. The molecule has 2 N–H and O–H groups in total. The van der Waals surface area contributed by atoms with E-state index in [0.717, 1.165) is 5.69 Å². The van der Waals surface area contributed by atoms with Crippen molar-refractivity contribution in [2.45, 2.75) is 13.5 Å². The fourth-order valence-electron chi connectivity index (χ4n) is 2.67. The number of amides is 2. The van der Waals surface area contributed by atoms with Crippen LogP contribution in [0, 0.1) is 6.92 Å². The lowest BCUT2D eigenvalue weighted by Crippen LogP contribution is -2.35. The molecule has 9 nitrogen and oxygen atoms in total. The molecule has 0 spiro atoms. The molecule has 0 unspecified atom stereocenters. The molecule has 9 heteroatoms. The number of carbonyl (C=O) groups is 2. The number of benzene rings is 1. The van der Waals surface area contributed by atoms with E-state index in [4.69, 9.17) is 0 Å². The molecule has 0 saturated carbocycles. The standard InChI is InChI=1S/C16H15N7O2/c1-10-18-16(21-23(10)11-5-3-2-4-6-11)19-14(24)12-9-13-15(25)17-7-8-22(13)20-12/h2-6,9H,7-8H2,1H3,(H,17,25)(H,19,21,24). The number of hydrogen-bond acceptors (Lipinski definition) is 5. The summed E-state index contributed by atoms with van der Waals surface area (Å²) in [6.07, 6.45) is 0. The number of nitrogens with one attached hydrogen (secondary N) is 2. The van der Waals surface area contributed by atoms with Gasteiger partial charge in [-0.2, -0.15) is 10.1 Å². The smallest absolute Gasteiger partial charge is 0.278 e. The van der Waals surface area contributed by atoms with Gasteiger partial charge in [0, 0.05) is 12.6 Å². The van der Waals surface area contributed by atoms with Gasteiger partial charge in [0.2, 0.25) is 5.95 Å². The van der Waals surface area contributed by atoms with Crippen LogP contribution in [0.25, 0.3) is 5.69 Å². The molecule has 25 heavy (non-hydrogen) atoms. The Morgan fingerprint density at radius 2 is 2.04 bits per heavy atom. The van der Waals surface area contributed by atoms with Gasteiger partial charge in [0.25, 0.3) is 11.8 Å². The fraction of sp³-hybridized carbons (Fsp3) is 0.188. The number of aromatic nitrogens is 5. The van der Waals surface area contributed by atoms with Gasteiger partial charge in [-0.1, -0.05) is 18.2 Å². The summed E-state index contributed by atoms with van der Waals surface area (Å²) in [7, 11) is 0. The summed E-state index contributed by atoms with van der Waals surface area (Å²) in [6, 6.07) is 11.0. The van der Waals surface area contributed by atoms with Crippen molar-refractivity contribution in [2.75, 3.05) is 11.9 Å². The van der Waals surface area contributed by atoms with Gasteiger partial charge in [-0.3, -0.25) is 19.6 Å². The molecule has 3 aromatic rings. The number of nitrogens with zero attached hydrogens (tertiary/aromatic N) is 5. The quantitative estimate of drug-likeness (QED) is 0.734. The van der Waals surface area contributed by atoms with E-state index in [1.165, 1.54) is 10.7 Å². The molecular weight excluding hydrogens is 322 g/mol. The van der Waals surface area contributed by atoms with Crippen LogP contribution in [0.4, 0.5) is 5.95 Å². The average molecular weight is 337 g/mol. The minimum atomic E-state index is -0.458. The number of para-hydroxylation sites is 1. The van der Waals surface area contributed by atoms with Crippen molar-refractivity contribution in [2.24, 2.45) is 0 Å². The Bertz CT molecular complexity index is 958. The van der Waals surface area contributed by atoms with E-state index in [0.29, 0.717) is 24.6 Å². The maximum Gasteiger partial charge on any atom is 0.278 e. The number of aryl methyl sites for hydroxylation is 1. The van der Waals surface area contributed by atoms with Gasteiger partial charge in [-0.05, 0) is 19.1 Å². The van der Waals surface area contributed by atoms with Gasteiger partial charge in [0.1, 0.15) is 11.5 Å². The first-order valence-electron chi connectivity index (χ1n) is 7.78. The minimum Gasteiger partial charge on any atom is -0.349 e. The maximum absolute atomic E-state index is 12.4. The van der Waals surface area contributed by atoms with Crippen molar-refractivity contribution in [3.63, 3.8) is 0 Å². The van der Waals surface area contributed by atoms with Crippen LogP contribution < -0.4 is 10.6 Å². The Hall–Kier alpha value is -3.49. The van der Waals surface area contributed by atoms with Crippen LogP contribution >= 0.6 is 0 Å². The molecule has 1 aromatic carbocycles. The van der Waals surface area contributed by atoms with Crippen molar-refractivity contribution < 1.29 is 9.59 Å². The lowest BCUT2D eigenvalue weighted by molar-refractivity contribution is 0.0923. The number of fused-ring (bicyclic) bond motifs is 1. The Morgan fingerprint density at radius 3 is 2.80 bits per heavy atom. The normalized spacial score (nSPS) is 13.2. The SMILES string of the molecule is Cc1nc(NC(=O)c2cc3n(n2)CCNC3=O)nn1-c1ccccc1. The molecule has 2 amide bonds. The van der Waals surface area contributed by atoms with Gasteiger partial charge in [0.05, 0.1) is 12.2 Å². The van der Waals surface area contributed by atoms with Gasteiger partial charge < -0.3 is 5.32 Å². The summed E-state index contributed by atoms with van der Waals surface area (Å²) in [5, 5.41) is 13.8. The summed E-state index contributed by atoms with van der Waals surface area (Å²) >= 11 is 0. The molecule has 0 bridgehead atoms. The summed E-state index contributed by atoms with van der Waals surface area (Å²) in [5.74, 6) is 0.131. The largest absolute Gasteiger partial charge is 0.349 e. The first kappa shape index (κ1) is 15.1. The van der Waals surface area contributed by atoms with Gasteiger partial charge in [-0.15, -0.1) is 5.10 Å². The molecule has 4 rings (SSSR count). The lowest BCUT2D eigenvalue weighted by atomic mass is 10.3. The van der Waals surface area contributed by atoms with Crippen LogP contribution in [0.2, 0.25) is 0 Å². The molecule has 1 aliphatic heterocycles. The summed E-state index contributed by atoms with van der Waals surface area (Å²) in [6.45, 7) is 2.83. The maximum atomic E-state index is 12.4. The zero-order valence-corrected chi connectivity index (χ0v) is 13.4. The molecule has 1 aliphatic rings. The molecule has 0 fully saturated rings. The minimum absolute atomic E-state index is 0.153. The van der Waals surface area contributed by atoms with Crippen molar-refractivity contribution in [3.05, 3.63) is 53.6 Å². The zero-order chi connectivity index (χ0) is 17.4. The van der Waals surface area contributed by atoms with E-state index in [9.17, 15) is 9.59 Å². The zero-order valence-electron chi connectivity index (χ0n) is 13.4. The highest BCUT2D eigenvalue weighted by Gasteiger charge is 2.22. The average Bonchev–Trinajstić information content (AvgIpc) is 3.20. The lowest BCUT2D eigenvalue weighted by Gasteiger charge is -2.13. The van der Waals surface area contributed by atoms with Crippen LogP contribution in [0.15, 0.2) is 36.4 Å². The molecule has 2 aromatic heterocycles. The van der Waals surface area contributed by atoms with Crippen molar-refractivity contribution >= 4 is 17.8 Å². The molecule has 0 radical (unpaired) electrons. The predicted octanol–water partition coefficient (Wildman–Crippen LogP) is 0.768. The van der Waals surface area contributed by atoms with E-state index in [-0.39, 0.29) is 17.5 Å². The van der Waals surface area contributed by atoms with E-state index in [1.807, 2.05) is 30.3 Å². The highest BCUT2D eigenvalue weighted by Crippen LogP contribution is 2.13. The third kappa shape index (κ3) is 2.75. The fourth-order valence-corrected chi connectivity index (χ4v) is 2.67. The molecule has 0 atom stereocenters.